The van der Waals surface area contributed by atoms with Crippen LogP contribution in [0.5, 0.6) is 0 Å². The van der Waals surface area contributed by atoms with E-state index in [2.05, 4.69) is 63.3 Å². The van der Waals surface area contributed by atoms with Crippen molar-refractivity contribution in [3.05, 3.63) is 58.5 Å². The fourth-order valence-electron chi connectivity index (χ4n) is 2.83. The molecule has 1 aromatic carbocycles. The summed E-state index contributed by atoms with van der Waals surface area (Å²) < 4.78 is 5.97. The molecule has 2 rings (SSSR count). The summed E-state index contributed by atoms with van der Waals surface area (Å²) in [5, 5.41) is 3.55. The standard InChI is InChI=1S/C19H27NO/c1-5-14-9-10-16(13-15(14)6-2)19(20-8-4)18-12-11-17(7-3)21-18/h9-13,19-20H,5-8H2,1-4H3. The maximum atomic E-state index is 5.97. The van der Waals surface area contributed by atoms with E-state index in [9.17, 15) is 0 Å². The highest BCUT2D eigenvalue weighted by atomic mass is 16.3. The molecule has 1 atom stereocenters. The molecule has 1 N–H and O–H groups in total. The quantitative estimate of drug-likeness (QED) is 0.800. The number of nitrogens with one attached hydrogen (secondary N) is 1. The van der Waals surface area contributed by atoms with E-state index in [4.69, 9.17) is 4.42 Å². The second-order valence-corrected chi connectivity index (χ2v) is 5.38. The number of aryl methyl sites for hydroxylation is 3. The number of rotatable bonds is 7. The van der Waals surface area contributed by atoms with Gasteiger partial charge in [-0.05, 0) is 48.2 Å². The Morgan fingerprint density at radius 3 is 2.24 bits per heavy atom. The average molecular weight is 285 g/mol. The highest BCUT2D eigenvalue weighted by Gasteiger charge is 2.17. The predicted octanol–water partition coefficient (Wildman–Crippen LogP) is 4.67. The van der Waals surface area contributed by atoms with Gasteiger partial charge in [-0.15, -0.1) is 0 Å². The first-order valence-corrected chi connectivity index (χ1v) is 8.17. The molecule has 0 aliphatic carbocycles. The third-order valence-corrected chi connectivity index (χ3v) is 4.05. The first-order chi connectivity index (χ1) is 10.2. The lowest BCUT2D eigenvalue weighted by Gasteiger charge is -2.18. The summed E-state index contributed by atoms with van der Waals surface area (Å²) in [5.41, 5.74) is 4.19. The molecule has 0 spiro atoms. The molecule has 2 aromatic rings. The molecule has 0 radical (unpaired) electrons. The molecule has 0 aliphatic rings. The third kappa shape index (κ3) is 3.56. The number of hydrogen-bond donors (Lipinski definition) is 1. The Bertz CT molecular complexity index is 571. The molecular weight excluding hydrogens is 258 g/mol. The van der Waals surface area contributed by atoms with E-state index in [-0.39, 0.29) is 6.04 Å². The second-order valence-electron chi connectivity index (χ2n) is 5.38. The van der Waals surface area contributed by atoms with Gasteiger partial charge in [-0.2, -0.15) is 0 Å². The third-order valence-electron chi connectivity index (χ3n) is 4.05. The smallest absolute Gasteiger partial charge is 0.125 e. The Balaban J connectivity index is 2.37. The lowest BCUT2D eigenvalue weighted by molar-refractivity contribution is 0.425. The number of hydrogen-bond acceptors (Lipinski definition) is 2. The molecule has 1 unspecified atom stereocenters. The molecule has 114 valence electrons. The van der Waals surface area contributed by atoms with Crippen LogP contribution in [0.25, 0.3) is 0 Å². The second kappa shape index (κ2) is 7.46. The van der Waals surface area contributed by atoms with Crippen LogP contribution in [-0.4, -0.2) is 6.54 Å². The van der Waals surface area contributed by atoms with Crippen LogP contribution < -0.4 is 5.32 Å². The summed E-state index contributed by atoms with van der Waals surface area (Å²) in [6.45, 7) is 9.62. The Kier molecular flexibility index (Phi) is 5.63. The molecule has 0 saturated heterocycles. The minimum Gasteiger partial charge on any atom is -0.464 e. The Morgan fingerprint density at radius 1 is 0.905 bits per heavy atom. The summed E-state index contributed by atoms with van der Waals surface area (Å²) in [4.78, 5) is 0. The zero-order valence-corrected chi connectivity index (χ0v) is 13.7. The zero-order chi connectivity index (χ0) is 15.2. The van der Waals surface area contributed by atoms with Crippen LogP contribution in [-0.2, 0) is 19.3 Å². The summed E-state index contributed by atoms with van der Waals surface area (Å²) in [6, 6.07) is 11.2. The molecule has 2 nitrogen and oxygen atoms in total. The van der Waals surface area contributed by atoms with Crippen molar-refractivity contribution < 1.29 is 4.42 Å². The van der Waals surface area contributed by atoms with E-state index < -0.39 is 0 Å². The number of furan rings is 1. The van der Waals surface area contributed by atoms with E-state index in [1.807, 2.05) is 0 Å². The molecule has 21 heavy (non-hydrogen) atoms. The lowest BCUT2D eigenvalue weighted by Crippen LogP contribution is -2.21. The van der Waals surface area contributed by atoms with Gasteiger partial charge in [0.05, 0.1) is 6.04 Å². The van der Waals surface area contributed by atoms with Gasteiger partial charge >= 0.3 is 0 Å². The maximum Gasteiger partial charge on any atom is 0.125 e. The van der Waals surface area contributed by atoms with Crippen molar-refractivity contribution in [2.75, 3.05) is 6.54 Å². The lowest BCUT2D eigenvalue weighted by atomic mass is 9.96. The highest BCUT2D eigenvalue weighted by Crippen LogP contribution is 2.26. The number of benzene rings is 1. The topological polar surface area (TPSA) is 25.2 Å². The molecule has 2 heteroatoms. The average Bonchev–Trinajstić information content (AvgIpc) is 3.00. The van der Waals surface area contributed by atoms with Gasteiger partial charge in [-0.1, -0.05) is 45.9 Å². The van der Waals surface area contributed by atoms with Crippen molar-refractivity contribution in [3.63, 3.8) is 0 Å². The molecular formula is C19H27NO. The van der Waals surface area contributed by atoms with Crippen LogP contribution in [0.1, 0.15) is 61.9 Å². The van der Waals surface area contributed by atoms with E-state index in [1.54, 1.807) is 0 Å². The van der Waals surface area contributed by atoms with Gasteiger partial charge in [-0.3, -0.25) is 0 Å². The van der Waals surface area contributed by atoms with Crippen molar-refractivity contribution in [3.8, 4) is 0 Å². The molecule has 0 fully saturated rings. The maximum absolute atomic E-state index is 5.97. The van der Waals surface area contributed by atoms with Crippen LogP contribution in [0.2, 0.25) is 0 Å². The van der Waals surface area contributed by atoms with Crippen molar-refractivity contribution in [2.24, 2.45) is 0 Å². The summed E-state index contributed by atoms with van der Waals surface area (Å²) in [7, 11) is 0. The van der Waals surface area contributed by atoms with Crippen molar-refractivity contribution >= 4 is 0 Å². The SMILES string of the molecule is CCNC(c1ccc(CC)c(CC)c1)c1ccc(CC)o1. The van der Waals surface area contributed by atoms with Crippen LogP contribution in [0.15, 0.2) is 34.7 Å². The van der Waals surface area contributed by atoms with Gasteiger partial charge in [-0.25, -0.2) is 0 Å². The first kappa shape index (κ1) is 15.8. The monoisotopic (exact) mass is 285 g/mol. The summed E-state index contributed by atoms with van der Waals surface area (Å²) >= 11 is 0. The van der Waals surface area contributed by atoms with Crippen LogP contribution in [0.4, 0.5) is 0 Å². The van der Waals surface area contributed by atoms with Gasteiger partial charge in [0.25, 0.3) is 0 Å². The Hall–Kier alpha value is -1.54. The zero-order valence-electron chi connectivity index (χ0n) is 13.7. The van der Waals surface area contributed by atoms with E-state index in [0.717, 1.165) is 37.3 Å². The normalized spacial score (nSPS) is 12.6. The van der Waals surface area contributed by atoms with E-state index >= 15 is 0 Å². The van der Waals surface area contributed by atoms with E-state index in [1.165, 1.54) is 16.7 Å². The van der Waals surface area contributed by atoms with Gasteiger partial charge in [0.1, 0.15) is 11.5 Å². The van der Waals surface area contributed by atoms with Crippen molar-refractivity contribution in [1.82, 2.24) is 5.32 Å². The Labute approximate surface area is 128 Å². The minimum absolute atomic E-state index is 0.145. The van der Waals surface area contributed by atoms with Gasteiger partial charge in [0.2, 0.25) is 0 Å². The molecule has 0 bridgehead atoms. The molecule has 0 saturated carbocycles. The fraction of sp³-hybridized carbons (Fsp3) is 0.474. The van der Waals surface area contributed by atoms with Crippen LogP contribution in [0.3, 0.4) is 0 Å². The van der Waals surface area contributed by atoms with Crippen LogP contribution in [0, 0.1) is 0 Å². The fourth-order valence-corrected chi connectivity index (χ4v) is 2.83. The predicted molar refractivity (Wildman–Crippen MR) is 88.8 cm³/mol. The van der Waals surface area contributed by atoms with Gasteiger partial charge in [0, 0.05) is 6.42 Å². The van der Waals surface area contributed by atoms with E-state index in [0.29, 0.717) is 0 Å². The van der Waals surface area contributed by atoms with Crippen molar-refractivity contribution in [2.45, 2.75) is 53.0 Å². The first-order valence-electron chi connectivity index (χ1n) is 8.17. The largest absolute Gasteiger partial charge is 0.464 e. The summed E-state index contributed by atoms with van der Waals surface area (Å²) in [6.07, 6.45) is 3.11. The molecule has 1 aromatic heterocycles. The molecule has 0 amide bonds. The van der Waals surface area contributed by atoms with Gasteiger partial charge in [0.15, 0.2) is 0 Å². The molecule has 1 heterocycles. The molecule has 0 aliphatic heterocycles. The van der Waals surface area contributed by atoms with Gasteiger partial charge < -0.3 is 9.73 Å². The summed E-state index contributed by atoms with van der Waals surface area (Å²) in [5.74, 6) is 2.06. The van der Waals surface area contributed by atoms with Crippen molar-refractivity contribution in [1.29, 1.82) is 0 Å². The van der Waals surface area contributed by atoms with Crippen LogP contribution >= 0.6 is 0 Å². The minimum atomic E-state index is 0.145. The highest BCUT2D eigenvalue weighted by molar-refractivity contribution is 5.36. The Morgan fingerprint density at radius 2 is 1.67 bits per heavy atom.